The second-order valence-electron chi connectivity index (χ2n) is 4.93. The molecule has 2 rings (SSSR count). The van der Waals surface area contributed by atoms with E-state index in [1.807, 2.05) is 19.1 Å². The number of carboxylic acid groups (broad SMARTS) is 1. The van der Waals surface area contributed by atoms with Crippen molar-refractivity contribution in [3.05, 3.63) is 47.8 Å². The van der Waals surface area contributed by atoms with E-state index >= 15 is 0 Å². The second-order valence-corrected chi connectivity index (χ2v) is 4.93. The Labute approximate surface area is 159 Å². The van der Waals surface area contributed by atoms with Gasteiger partial charge in [-0.1, -0.05) is 13.0 Å². The van der Waals surface area contributed by atoms with Gasteiger partial charge in [0.15, 0.2) is 11.5 Å². The van der Waals surface area contributed by atoms with E-state index < -0.39 is 5.97 Å². The molecule has 0 saturated heterocycles. The summed E-state index contributed by atoms with van der Waals surface area (Å²) in [7, 11) is 4.33. The topological polar surface area (TPSA) is 98.1 Å². The molecule has 26 heavy (non-hydrogen) atoms. The molecule has 2 N–H and O–H groups in total. The SMILES string of the molecule is CCC(O)c1cccnc1.COc1cc(C(=O)O)cc(OC)c1OC.Cl. The van der Waals surface area contributed by atoms with Crippen LogP contribution in [0.2, 0.25) is 0 Å². The van der Waals surface area contributed by atoms with Crippen LogP contribution in [0.25, 0.3) is 0 Å². The summed E-state index contributed by atoms with van der Waals surface area (Å²) in [6.45, 7) is 1.94. The third-order valence-electron chi connectivity index (χ3n) is 3.37. The van der Waals surface area contributed by atoms with Crippen LogP contribution in [-0.4, -0.2) is 42.5 Å². The lowest BCUT2D eigenvalue weighted by molar-refractivity contribution is 0.0696. The molecule has 0 saturated carbocycles. The molecule has 0 aliphatic rings. The number of ether oxygens (including phenoxy) is 3. The average Bonchev–Trinajstić information content (AvgIpc) is 2.67. The van der Waals surface area contributed by atoms with Crippen LogP contribution < -0.4 is 14.2 Å². The predicted octanol–water partition coefficient (Wildman–Crippen LogP) is 3.36. The first-order chi connectivity index (χ1) is 12.0. The Morgan fingerprint density at radius 2 is 1.73 bits per heavy atom. The normalized spacial score (nSPS) is 10.5. The average molecular weight is 386 g/mol. The van der Waals surface area contributed by atoms with Gasteiger partial charge in [-0.3, -0.25) is 4.98 Å². The first-order valence-corrected chi connectivity index (χ1v) is 7.59. The minimum Gasteiger partial charge on any atom is -0.493 e. The maximum Gasteiger partial charge on any atom is 0.335 e. The van der Waals surface area contributed by atoms with Crippen LogP contribution in [0.15, 0.2) is 36.7 Å². The number of methoxy groups -OCH3 is 3. The van der Waals surface area contributed by atoms with Crippen molar-refractivity contribution in [3.63, 3.8) is 0 Å². The summed E-state index contributed by atoms with van der Waals surface area (Å²) in [4.78, 5) is 14.7. The quantitative estimate of drug-likeness (QED) is 0.786. The van der Waals surface area contributed by atoms with Gasteiger partial charge < -0.3 is 24.4 Å². The van der Waals surface area contributed by atoms with Crippen LogP contribution in [0.4, 0.5) is 0 Å². The van der Waals surface area contributed by atoms with Gasteiger partial charge in [-0.15, -0.1) is 12.4 Å². The van der Waals surface area contributed by atoms with E-state index in [9.17, 15) is 9.90 Å². The fourth-order valence-electron chi connectivity index (χ4n) is 2.01. The number of aliphatic hydroxyl groups is 1. The number of pyridine rings is 1. The number of carbonyl (C=O) groups is 1. The summed E-state index contributed by atoms with van der Waals surface area (Å²) in [5.41, 5.74) is 0.981. The van der Waals surface area contributed by atoms with Crippen molar-refractivity contribution in [3.8, 4) is 17.2 Å². The number of carboxylic acids is 1. The maximum absolute atomic E-state index is 10.8. The van der Waals surface area contributed by atoms with Gasteiger partial charge in [0.05, 0.1) is 33.0 Å². The Balaban J connectivity index is 0.000000497. The van der Waals surface area contributed by atoms with Crippen LogP contribution >= 0.6 is 12.4 Å². The molecule has 1 aromatic carbocycles. The summed E-state index contributed by atoms with van der Waals surface area (Å²) in [6, 6.07) is 6.46. The van der Waals surface area contributed by atoms with Gasteiger partial charge >= 0.3 is 5.97 Å². The number of nitrogens with zero attached hydrogens (tertiary/aromatic N) is 1. The number of benzene rings is 1. The highest BCUT2D eigenvalue weighted by Gasteiger charge is 2.15. The molecular formula is C18H24ClNO6. The first-order valence-electron chi connectivity index (χ1n) is 7.59. The lowest BCUT2D eigenvalue weighted by Crippen LogP contribution is -2.01. The number of rotatable bonds is 6. The minimum atomic E-state index is -1.05. The molecule has 0 fully saturated rings. The zero-order valence-electron chi connectivity index (χ0n) is 15.1. The van der Waals surface area contributed by atoms with E-state index in [0.717, 1.165) is 12.0 Å². The van der Waals surface area contributed by atoms with Gasteiger partial charge in [0.2, 0.25) is 5.75 Å². The molecular weight excluding hydrogens is 362 g/mol. The van der Waals surface area contributed by atoms with Crippen molar-refractivity contribution in [1.29, 1.82) is 0 Å². The fraction of sp³-hybridized carbons (Fsp3) is 0.333. The van der Waals surface area contributed by atoms with Crippen LogP contribution in [0.1, 0.15) is 35.4 Å². The van der Waals surface area contributed by atoms with Gasteiger partial charge in [-0.05, 0) is 30.2 Å². The molecule has 0 aliphatic carbocycles. The van der Waals surface area contributed by atoms with Crippen molar-refractivity contribution in [2.75, 3.05) is 21.3 Å². The summed E-state index contributed by atoms with van der Waals surface area (Å²) < 4.78 is 15.1. The highest BCUT2D eigenvalue weighted by molar-refractivity contribution is 5.89. The molecule has 0 spiro atoms. The second kappa shape index (κ2) is 11.9. The van der Waals surface area contributed by atoms with Crippen molar-refractivity contribution in [1.82, 2.24) is 4.98 Å². The highest BCUT2D eigenvalue weighted by atomic mass is 35.5. The minimum absolute atomic E-state index is 0. The van der Waals surface area contributed by atoms with Crippen LogP contribution in [0.5, 0.6) is 17.2 Å². The van der Waals surface area contributed by atoms with E-state index in [4.69, 9.17) is 19.3 Å². The summed E-state index contributed by atoms with van der Waals surface area (Å²) in [6.07, 6.45) is 3.78. The van der Waals surface area contributed by atoms with Gasteiger partial charge in [0.1, 0.15) is 0 Å². The van der Waals surface area contributed by atoms with Crippen LogP contribution in [-0.2, 0) is 0 Å². The largest absolute Gasteiger partial charge is 0.493 e. The molecule has 2 aromatic rings. The molecule has 1 atom stereocenters. The van der Waals surface area contributed by atoms with Crippen molar-refractivity contribution >= 4 is 18.4 Å². The first kappa shape index (κ1) is 23.5. The molecule has 1 heterocycles. The molecule has 0 amide bonds. The summed E-state index contributed by atoms with van der Waals surface area (Å²) in [5.74, 6) is -0.0113. The molecule has 144 valence electrons. The molecule has 0 radical (unpaired) electrons. The van der Waals surface area contributed by atoms with Crippen molar-refractivity contribution < 1.29 is 29.2 Å². The molecule has 7 nitrogen and oxygen atoms in total. The zero-order chi connectivity index (χ0) is 18.8. The van der Waals surface area contributed by atoms with E-state index in [0.29, 0.717) is 17.2 Å². The number of hydrogen-bond donors (Lipinski definition) is 2. The zero-order valence-corrected chi connectivity index (χ0v) is 15.9. The van der Waals surface area contributed by atoms with E-state index in [1.165, 1.54) is 33.5 Å². The Morgan fingerprint density at radius 1 is 1.15 bits per heavy atom. The third-order valence-corrected chi connectivity index (χ3v) is 3.37. The van der Waals surface area contributed by atoms with E-state index in [1.54, 1.807) is 12.4 Å². The number of aliphatic hydroxyl groups excluding tert-OH is 1. The smallest absolute Gasteiger partial charge is 0.335 e. The number of hydrogen-bond acceptors (Lipinski definition) is 6. The Bertz CT molecular complexity index is 656. The third kappa shape index (κ3) is 6.42. The van der Waals surface area contributed by atoms with Crippen LogP contribution in [0.3, 0.4) is 0 Å². The van der Waals surface area contributed by atoms with Crippen LogP contribution in [0, 0.1) is 0 Å². The van der Waals surface area contributed by atoms with Crippen molar-refractivity contribution in [2.24, 2.45) is 0 Å². The van der Waals surface area contributed by atoms with Gasteiger partial charge in [-0.2, -0.15) is 0 Å². The van der Waals surface area contributed by atoms with E-state index in [-0.39, 0.29) is 24.1 Å². The van der Waals surface area contributed by atoms with Gasteiger partial charge in [0, 0.05) is 12.4 Å². The molecule has 0 bridgehead atoms. The fourth-order valence-corrected chi connectivity index (χ4v) is 2.01. The number of aromatic nitrogens is 1. The lowest BCUT2D eigenvalue weighted by atomic mass is 10.1. The van der Waals surface area contributed by atoms with Crippen molar-refractivity contribution in [2.45, 2.75) is 19.4 Å². The monoisotopic (exact) mass is 385 g/mol. The molecule has 0 aliphatic heterocycles. The van der Waals surface area contributed by atoms with Gasteiger partial charge in [0.25, 0.3) is 0 Å². The molecule has 1 unspecified atom stereocenters. The highest BCUT2D eigenvalue weighted by Crippen LogP contribution is 2.38. The lowest BCUT2D eigenvalue weighted by Gasteiger charge is -2.12. The molecule has 8 heteroatoms. The standard InChI is InChI=1S/C10H12O5.C8H11NO.ClH/c1-13-7-4-6(10(11)12)5-8(14-2)9(7)15-3;1-2-8(10)7-4-3-5-9-6-7;/h4-5H,1-3H3,(H,11,12);3-6,8,10H,2H2,1H3;1H. The Morgan fingerprint density at radius 3 is 2.08 bits per heavy atom. The Kier molecular flexibility index (Phi) is 10.8. The predicted molar refractivity (Wildman–Crippen MR) is 99.8 cm³/mol. The Hall–Kier alpha value is -2.51. The maximum atomic E-state index is 10.8. The summed E-state index contributed by atoms with van der Waals surface area (Å²) in [5, 5.41) is 18.1. The number of halogens is 1. The summed E-state index contributed by atoms with van der Waals surface area (Å²) >= 11 is 0. The number of aromatic carboxylic acids is 1. The van der Waals surface area contributed by atoms with E-state index in [2.05, 4.69) is 4.98 Å². The molecule has 1 aromatic heterocycles. The van der Waals surface area contributed by atoms with Gasteiger partial charge in [-0.25, -0.2) is 4.79 Å².